The lowest BCUT2D eigenvalue weighted by atomic mass is 9.77. The summed E-state index contributed by atoms with van der Waals surface area (Å²) in [6.07, 6.45) is 7.84. The van der Waals surface area contributed by atoms with Crippen LogP contribution < -0.4 is 0 Å². The van der Waals surface area contributed by atoms with Gasteiger partial charge in [0.25, 0.3) is 0 Å². The fourth-order valence-corrected chi connectivity index (χ4v) is 5.26. The number of hydrogen-bond donors (Lipinski definition) is 0. The van der Waals surface area contributed by atoms with E-state index in [1.807, 2.05) is 24.3 Å². The van der Waals surface area contributed by atoms with Crippen LogP contribution in [0.5, 0.6) is 0 Å². The molecule has 0 N–H and O–H groups in total. The molecule has 0 aliphatic heterocycles. The standard InChI is InChI=1S/C26H37F3O2/c1-2-3-4-5-6-19-7-9-20(10-8-19)21-11-13-22(14-12-21)25(30)31-24-17-15-23(16-18-24)26(27,28)29/h11-14,19-20,23-24H,2-10,15-18H2,1H3. The quantitative estimate of drug-likeness (QED) is 0.302. The van der Waals surface area contributed by atoms with Crippen molar-refractivity contribution in [1.82, 2.24) is 0 Å². The number of carbonyl (C=O) groups is 1. The normalized spacial score (nSPS) is 27.1. The minimum atomic E-state index is -4.14. The monoisotopic (exact) mass is 438 g/mol. The molecule has 0 spiro atoms. The molecule has 2 fully saturated rings. The van der Waals surface area contributed by atoms with Gasteiger partial charge in [-0.15, -0.1) is 0 Å². The molecule has 2 aliphatic rings. The van der Waals surface area contributed by atoms with E-state index in [-0.39, 0.29) is 25.7 Å². The molecular weight excluding hydrogens is 401 g/mol. The van der Waals surface area contributed by atoms with Crippen molar-refractivity contribution >= 4 is 5.97 Å². The molecule has 0 bridgehead atoms. The molecule has 0 heterocycles. The first kappa shape index (κ1) is 24.1. The maximum atomic E-state index is 12.8. The predicted molar refractivity (Wildman–Crippen MR) is 117 cm³/mol. The third-order valence-corrected chi connectivity index (χ3v) is 7.34. The van der Waals surface area contributed by atoms with Gasteiger partial charge in [0.2, 0.25) is 0 Å². The molecule has 0 radical (unpaired) electrons. The maximum absolute atomic E-state index is 12.8. The van der Waals surface area contributed by atoms with Gasteiger partial charge in [0.15, 0.2) is 0 Å². The van der Waals surface area contributed by atoms with Crippen molar-refractivity contribution in [2.75, 3.05) is 0 Å². The van der Waals surface area contributed by atoms with E-state index in [1.165, 1.54) is 63.4 Å². The van der Waals surface area contributed by atoms with E-state index in [9.17, 15) is 18.0 Å². The molecule has 1 aromatic carbocycles. The van der Waals surface area contributed by atoms with Crippen LogP contribution in [0.2, 0.25) is 0 Å². The molecule has 0 aromatic heterocycles. The molecular formula is C26H37F3O2. The van der Waals surface area contributed by atoms with Crippen molar-refractivity contribution in [3.8, 4) is 0 Å². The van der Waals surface area contributed by atoms with E-state index >= 15 is 0 Å². The Labute approximate surface area is 184 Å². The summed E-state index contributed by atoms with van der Waals surface area (Å²) in [7, 11) is 0. The average Bonchev–Trinajstić information content (AvgIpc) is 2.77. The van der Waals surface area contributed by atoms with Crippen LogP contribution in [-0.2, 0) is 4.74 Å². The summed E-state index contributed by atoms with van der Waals surface area (Å²) in [4.78, 5) is 12.4. The summed E-state index contributed by atoms with van der Waals surface area (Å²) < 4.78 is 43.8. The minimum absolute atomic E-state index is 0.0433. The molecule has 3 rings (SSSR count). The summed E-state index contributed by atoms with van der Waals surface area (Å²) in [6, 6.07) is 7.69. The Morgan fingerprint density at radius 1 is 0.903 bits per heavy atom. The highest BCUT2D eigenvalue weighted by atomic mass is 19.4. The number of rotatable bonds is 8. The molecule has 2 saturated carbocycles. The van der Waals surface area contributed by atoms with Crippen LogP contribution in [0.4, 0.5) is 13.2 Å². The molecule has 1 aromatic rings. The van der Waals surface area contributed by atoms with Gasteiger partial charge in [-0.25, -0.2) is 4.79 Å². The lowest BCUT2D eigenvalue weighted by Crippen LogP contribution is -2.31. The number of alkyl halides is 3. The van der Waals surface area contributed by atoms with Crippen LogP contribution >= 0.6 is 0 Å². The Morgan fingerprint density at radius 3 is 2.13 bits per heavy atom. The highest BCUT2D eigenvalue weighted by Crippen LogP contribution is 2.39. The Kier molecular flexibility index (Phi) is 8.85. The van der Waals surface area contributed by atoms with Crippen molar-refractivity contribution in [1.29, 1.82) is 0 Å². The number of halogens is 3. The van der Waals surface area contributed by atoms with Crippen LogP contribution in [-0.4, -0.2) is 18.2 Å². The Morgan fingerprint density at radius 2 is 1.55 bits per heavy atom. The topological polar surface area (TPSA) is 26.3 Å². The molecule has 2 aliphatic carbocycles. The zero-order valence-corrected chi connectivity index (χ0v) is 18.8. The third kappa shape index (κ3) is 7.25. The number of unbranched alkanes of at least 4 members (excludes halogenated alkanes) is 3. The van der Waals surface area contributed by atoms with Crippen molar-refractivity contribution < 1.29 is 22.7 Å². The highest BCUT2D eigenvalue weighted by Gasteiger charge is 2.42. The van der Waals surface area contributed by atoms with Crippen molar-refractivity contribution in [3.05, 3.63) is 35.4 Å². The third-order valence-electron chi connectivity index (χ3n) is 7.34. The molecule has 0 amide bonds. The number of esters is 1. The van der Waals surface area contributed by atoms with Crippen molar-refractivity contribution in [2.24, 2.45) is 11.8 Å². The highest BCUT2D eigenvalue weighted by molar-refractivity contribution is 5.89. The summed E-state index contributed by atoms with van der Waals surface area (Å²) in [5, 5.41) is 0. The molecule has 5 heteroatoms. The van der Waals surface area contributed by atoms with Crippen LogP contribution in [0.3, 0.4) is 0 Å². The van der Waals surface area contributed by atoms with Gasteiger partial charge in [-0.1, -0.05) is 51.2 Å². The van der Waals surface area contributed by atoms with Gasteiger partial charge in [-0.2, -0.15) is 13.2 Å². The van der Waals surface area contributed by atoms with E-state index in [2.05, 4.69) is 6.92 Å². The molecule has 0 unspecified atom stereocenters. The Balaban J connectivity index is 1.41. The fraction of sp³-hybridized carbons (Fsp3) is 0.731. The van der Waals surface area contributed by atoms with Crippen LogP contribution in [0.1, 0.15) is 112 Å². The maximum Gasteiger partial charge on any atom is 0.391 e. The van der Waals surface area contributed by atoms with E-state index in [0.29, 0.717) is 11.5 Å². The predicted octanol–water partition coefficient (Wildman–Crippen LogP) is 8.21. The Bertz CT molecular complexity index is 667. The van der Waals surface area contributed by atoms with E-state index in [1.54, 1.807) is 0 Å². The first-order valence-electron chi connectivity index (χ1n) is 12.2. The second kappa shape index (κ2) is 11.4. The van der Waals surface area contributed by atoms with E-state index < -0.39 is 24.2 Å². The van der Waals surface area contributed by atoms with Crippen LogP contribution in [0, 0.1) is 11.8 Å². The SMILES string of the molecule is CCCCCCC1CCC(c2ccc(C(=O)OC3CCC(C(F)(F)F)CC3)cc2)CC1. The van der Waals surface area contributed by atoms with Gasteiger partial charge in [-0.05, 0) is 80.9 Å². The largest absolute Gasteiger partial charge is 0.459 e. The number of carbonyl (C=O) groups excluding carboxylic acids is 1. The van der Waals surface area contributed by atoms with Gasteiger partial charge < -0.3 is 4.74 Å². The Hall–Kier alpha value is -1.52. The summed E-state index contributed by atoms with van der Waals surface area (Å²) in [6.45, 7) is 2.25. The zero-order chi connectivity index (χ0) is 22.3. The van der Waals surface area contributed by atoms with Gasteiger partial charge in [-0.3, -0.25) is 0 Å². The van der Waals surface area contributed by atoms with E-state index in [0.717, 1.165) is 5.92 Å². The van der Waals surface area contributed by atoms with Crippen LogP contribution in [0.25, 0.3) is 0 Å². The number of hydrogen-bond acceptors (Lipinski definition) is 2. The van der Waals surface area contributed by atoms with Gasteiger partial charge in [0.1, 0.15) is 6.10 Å². The van der Waals surface area contributed by atoms with Gasteiger partial charge in [0, 0.05) is 0 Å². The molecule has 0 saturated heterocycles. The second-order valence-electron chi connectivity index (χ2n) is 9.61. The van der Waals surface area contributed by atoms with Crippen molar-refractivity contribution in [3.63, 3.8) is 0 Å². The first-order valence-corrected chi connectivity index (χ1v) is 12.2. The van der Waals surface area contributed by atoms with Crippen LogP contribution in [0.15, 0.2) is 24.3 Å². The number of benzene rings is 1. The fourth-order valence-electron chi connectivity index (χ4n) is 5.26. The molecule has 174 valence electrons. The zero-order valence-electron chi connectivity index (χ0n) is 18.8. The first-order chi connectivity index (χ1) is 14.9. The minimum Gasteiger partial charge on any atom is -0.459 e. The molecule has 0 atom stereocenters. The summed E-state index contributed by atoms with van der Waals surface area (Å²) in [5.74, 6) is -0.240. The number of ether oxygens (including phenoxy) is 1. The summed E-state index contributed by atoms with van der Waals surface area (Å²) >= 11 is 0. The smallest absolute Gasteiger partial charge is 0.391 e. The second-order valence-corrected chi connectivity index (χ2v) is 9.61. The molecule has 2 nitrogen and oxygen atoms in total. The lowest BCUT2D eigenvalue weighted by molar-refractivity contribution is -0.185. The lowest BCUT2D eigenvalue weighted by Gasteiger charge is -2.30. The van der Waals surface area contributed by atoms with Crippen molar-refractivity contribution in [2.45, 2.75) is 109 Å². The van der Waals surface area contributed by atoms with E-state index in [4.69, 9.17) is 4.74 Å². The van der Waals surface area contributed by atoms with Gasteiger partial charge >= 0.3 is 12.1 Å². The van der Waals surface area contributed by atoms with Gasteiger partial charge in [0.05, 0.1) is 11.5 Å². The molecule has 31 heavy (non-hydrogen) atoms. The summed E-state index contributed by atoms with van der Waals surface area (Å²) in [5.41, 5.74) is 1.78. The average molecular weight is 439 g/mol.